The third kappa shape index (κ3) is 2.34. The molecule has 86 valence electrons. The van der Waals surface area contributed by atoms with Crippen LogP contribution in [0.15, 0.2) is 29.4 Å². The van der Waals surface area contributed by atoms with Crippen LogP contribution in [-0.4, -0.2) is 32.4 Å². The average Bonchev–Trinajstić information content (AvgIpc) is 2.64. The van der Waals surface area contributed by atoms with Gasteiger partial charge >= 0.3 is 0 Å². The minimum Gasteiger partial charge on any atom is -0.391 e. The molecule has 0 saturated heterocycles. The summed E-state index contributed by atoms with van der Waals surface area (Å²) in [5.41, 5.74) is 2.08. The van der Waals surface area contributed by atoms with Crippen molar-refractivity contribution in [3.05, 3.63) is 24.3 Å². The van der Waals surface area contributed by atoms with E-state index in [1.165, 1.54) is 11.8 Å². The Morgan fingerprint density at radius 2 is 2.25 bits per heavy atom. The summed E-state index contributed by atoms with van der Waals surface area (Å²) in [6.45, 7) is 0. The van der Waals surface area contributed by atoms with Gasteiger partial charge in [0.1, 0.15) is 0 Å². The van der Waals surface area contributed by atoms with E-state index in [4.69, 9.17) is 11.6 Å². The summed E-state index contributed by atoms with van der Waals surface area (Å²) in [4.78, 5) is 4.49. The maximum atomic E-state index is 9.40. The fourth-order valence-corrected chi connectivity index (χ4v) is 2.62. The Labute approximate surface area is 103 Å². The monoisotopic (exact) mass is 256 g/mol. The van der Waals surface area contributed by atoms with Crippen molar-refractivity contribution in [2.45, 2.75) is 11.3 Å². The highest BCUT2D eigenvalue weighted by molar-refractivity contribution is 7.99. The third-order valence-electron chi connectivity index (χ3n) is 2.33. The van der Waals surface area contributed by atoms with Crippen molar-refractivity contribution in [3.8, 4) is 0 Å². The molecule has 5 heteroatoms. The number of nitrogens with zero attached hydrogens (tertiary/aromatic N) is 2. The first kappa shape index (κ1) is 11.8. The van der Waals surface area contributed by atoms with E-state index >= 15 is 0 Å². The quantitative estimate of drug-likeness (QED) is 0.674. The standard InChI is InChI=1S/C11H13ClN2OS/c1-14-10-5-3-2-4-9(10)13-11(14)16-7-8(15)6-12/h2-5,8,15H,6-7H2,1H3. The summed E-state index contributed by atoms with van der Waals surface area (Å²) in [5.74, 6) is 0.831. The van der Waals surface area contributed by atoms with Gasteiger partial charge in [0.25, 0.3) is 0 Å². The number of alkyl halides is 1. The molecule has 1 atom stereocenters. The van der Waals surface area contributed by atoms with Gasteiger partial charge in [-0.05, 0) is 12.1 Å². The predicted molar refractivity (Wildman–Crippen MR) is 68.2 cm³/mol. The van der Waals surface area contributed by atoms with Crippen molar-refractivity contribution >= 4 is 34.4 Å². The second kappa shape index (κ2) is 5.08. The number of thioether (sulfide) groups is 1. The Bertz CT molecular complexity index is 486. The normalized spacial score (nSPS) is 13.2. The van der Waals surface area contributed by atoms with E-state index in [2.05, 4.69) is 4.98 Å². The zero-order chi connectivity index (χ0) is 11.5. The lowest BCUT2D eigenvalue weighted by Gasteiger charge is -2.05. The first-order chi connectivity index (χ1) is 7.72. The lowest BCUT2D eigenvalue weighted by atomic mass is 10.3. The van der Waals surface area contributed by atoms with Crippen LogP contribution in [0, 0.1) is 0 Å². The summed E-state index contributed by atoms with van der Waals surface area (Å²) < 4.78 is 2.03. The highest BCUT2D eigenvalue weighted by atomic mass is 35.5. The molecule has 2 aromatic rings. The van der Waals surface area contributed by atoms with Gasteiger partial charge in [-0.15, -0.1) is 11.6 Å². The molecule has 1 heterocycles. The molecule has 1 unspecified atom stereocenters. The molecular formula is C11H13ClN2OS. The number of hydrogen-bond donors (Lipinski definition) is 1. The molecule has 16 heavy (non-hydrogen) atoms. The summed E-state index contributed by atoms with van der Waals surface area (Å²) in [7, 11) is 1.98. The number of aliphatic hydroxyl groups is 1. The molecule has 3 nitrogen and oxygen atoms in total. The summed E-state index contributed by atoms with van der Waals surface area (Å²) >= 11 is 7.07. The van der Waals surface area contributed by atoms with Crippen LogP contribution in [0.1, 0.15) is 0 Å². The van der Waals surface area contributed by atoms with Gasteiger partial charge in [0.15, 0.2) is 5.16 Å². The van der Waals surface area contributed by atoms with E-state index in [9.17, 15) is 5.11 Å². The second-order valence-electron chi connectivity index (χ2n) is 3.56. The van der Waals surface area contributed by atoms with Crippen molar-refractivity contribution in [1.82, 2.24) is 9.55 Å². The van der Waals surface area contributed by atoms with Gasteiger partial charge in [0, 0.05) is 18.7 Å². The van der Waals surface area contributed by atoms with E-state index < -0.39 is 6.10 Å². The molecule has 0 spiro atoms. The predicted octanol–water partition coefficient (Wildman–Crippen LogP) is 2.27. The Morgan fingerprint density at radius 1 is 1.50 bits per heavy atom. The Balaban J connectivity index is 2.21. The number of imidazole rings is 1. The SMILES string of the molecule is Cn1c(SCC(O)CCl)nc2ccccc21. The van der Waals surface area contributed by atoms with Crippen LogP contribution >= 0.6 is 23.4 Å². The molecule has 0 fully saturated rings. The Morgan fingerprint density at radius 3 is 2.94 bits per heavy atom. The lowest BCUT2D eigenvalue weighted by molar-refractivity contribution is 0.223. The van der Waals surface area contributed by atoms with Gasteiger partial charge in [0.2, 0.25) is 0 Å². The molecule has 2 rings (SSSR count). The van der Waals surface area contributed by atoms with Crippen molar-refractivity contribution < 1.29 is 5.11 Å². The fourth-order valence-electron chi connectivity index (χ4n) is 1.47. The third-order valence-corrected chi connectivity index (χ3v) is 3.86. The van der Waals surface area contributed by atoms with Crippen LogP contribution < -0.4 is 0 Å². The number of rotatable bonds is 4. The Hall–Kier alpha value is -0.710. The van der Waals surface area contributed by atoms with Gasteiger partial charge in [-0.1, -0.05) is 23.9 Å². The molecule has 0 aliphatic heterocycles. The molecule has 0 amide bonds. The van der Waals surface area contributed by atoms with Crippen LogP contribution in [0.25, 0.3) is 11.0 Å². The number of aromatic nitrogens is 2. The maximum absolute atomic E-state index is 9.40. The van der Waals surface area contributed by atoms with Crippen molar-refractivity contribution in [3.63, 3.8) is 0 Å². The van der Waals surface area contributed by atoms with Gasteiger partial charge in [0.05, 0.1) is 17.1 Å². The highest BCUT2D eigenvalue weighted by Gasteiger charge is 2.09. The topological polar surface area (TPSA) is 38.0 Å². The molecule has 0 aliphatic rings. The smallest absolute Gasteiger partial charge is 0.168 e. The lowest BCUT2D eigenvalue weighted by Crippen LogP contribution is -2.11. The van der Waals surface area contributed by atoms with Crippen molar-refractivity contribution in [2.75, 3.05) is 11.6 Å². The number of halogens is 1. The minimum absolute atomic E-state index is 0.261. The van der Waals surface area contributed by atoms with E-state index in [0.717, 1.165) is 16.2 Å². The van der Waals surface area contributed by atoms with Gasteiger partial charge in [-0.2, -0.15) is 0 Å². The number of para-hydroxylation sites is 2. The molecule has 1 aromatic carbocycles. The number of fused-ring (bicyclic) bond motifs is 1. The molecule has 0 saturated carbocycles. The number of hydrogen-bond acceptors (Lipinski definition) is 3. The average molecular weight is 257 g/mol. The van der Waals surface area contributed by atoms with Crippen molar-refractivity contribution in [1.29, 1.82) is 0 Å². The highest BCUT2D eigenvalue weighted by Crippen LogP contribution is 2.23. The molecular weight excluding hydrogens is 244 g/mol. The zero-order valence-electron chi connectivity index (χ0n) is 8.93. The van der Waals surface area contributed by atoms with Gasteiger partial charge in [-0.25, -0.2) is 4.98 Å². The minimum atomic E-state index is -0.480. The summed E-state index contributed by atoms with van der Waals surface area (Å²) in [6, 6.07) is 7.98. The summed E-state index contributed by atoms with van der Waals surface area (Å²) in [5, 5.41) is 10.3. The maximum Gasteiger partial charge on any atom is 0.168 e. The van der Waals surface area contributed by atoms with Crippen LogP contribution in [0.4, 0.5) is 0 Å². The largest absolute Gasteiger partial charge is 0.391 e. The first-order valence-electron chi connectivity index (χ1n) is 5.00. The number of aliphatic hydroxyl groups excluding tert-OH is 1. The molecule has 1 N–H and O–H groups in total. The van der Waals surface area contributed by atoms with Crippen LogP contribution in [0.5, 0.6) is 0 Å². The van der Waals surface area contributed by atoms with Crippen LogP contribution in [-0.2, 0) is 7.05 Å². The molecule has 0 aliphatic carbocycles. The van der Waals surface area contributed by atoms with Crippen LogP contribution in [0.2, 0.25) is 0 Å². The zero-order valence-corrected chi connectivity index (χ0v) is 10.5. The first-order valence-corrected chi connectivity index (χ1v) is 6.52. The van der Waals surface area contributed by atoms with E-state index in [0.29, 0.717) is 5.75 Å². The molecule has 1 aromatic heterocycles. The van der Waals surface area contributed by atoms with Gasteiger partial charge < -0.3 is 9.67 Å². The fraction of sp³-hybridized carbons (Fsp3) is 0.364. The van der Waals surface area contributed by atoms with E-state index in [-0.39, 0.29) is 5.88 Å². The molecule has 0 bridgehead atoms. The van der Waals surface area contributed by atoms with Crippen molar-refractivity contribution in [2.24, 2.45) is 7.05 Å². The van der Waals surface area contributed by atoms with Gasteiger partial charge in [-0.3, -0.25) is 0 Å². The second-order valence-corrected chi connectivity index (χ2v) is 4.86. The number of aryl methyl sites for hydroxylation is 1. The summed E-state index contributed by atoms with van der Waals surface area (Å²) in [6.07, 6.45) is -0.480. The van der Waals surface area contributed by atoms with E-state index in [1.807, 2.05) is 35.9 Å². The van der Waals surface area contributed by atoms with Crippen LogP contribution in [0.3, 0.4) is 0 Å². The van der Waals surface area contributed by atoms with E-state index in [1.54, 1.807) is 0 Å². The molecule has 0 radical (unpaired) electrons. The Kier molecular flexibility index (Phi) is 3.74. The number of benzene rings is 1.